The van der Waals surface area contributed by atoms with Crippen molar-refractivity contribution < 1.29 is 23.8 Å². The van der Waals surface area contributed by atoms with Crippen molar-refractivity contribution in [2.45, 2.75) is 19.4 Å². The van der Waals surface area contributed by atoms with Crippen molar-refractivity contribution in [1.82, 2.24) is 4.98 Å². The first-order valence-electron chi connectivity index (χ1n) is 11.1. The van der Waals surface area contributed by atoms with E-state index in [1.54, 1.807) is 48.5 Å². The van der Waals surface area contributed by atoms with Crippen LogP contribution >= 0.6 is 11.3 Å². The molecule has 6 nitrogen and oxygen atoms in total. The van der Waals surface area contributed by atoms with Crippen LogP contribution in [-0.2, 0) is 9.59 Å². The number of hydrogen-bond acceptors (Lipinski definition) is 6. The Morgan fingerprint density at radius 2 is 1.89 bits per heavy atom. The van der Waals surface area contributed by atoms with E-state index < -0.39 is 23.5 Å². The Kier molecular flexibility index (Phi) is 6.05. The van der Waals surface area contributed by atoms with Crippen LogP contribution in [0.4, 0.5) is 9.52 Å². The first-order valence-corrected chi connectivity index (χ1v) is 11.9. The second-order valence-electron chi connectivity index (χ2n) is 8.06. The van der Waals surface area contributed by atoms with Crippen molar-refractivity contribution >= 4 is 44.1 Å². The second-order valence-corrected chi connectivity index (χ2v) is 9.07. The van der Waals surface area contributed by atoms with Gasteiger partial charge in [-0.3, -0.25) is 14.5 Å². The topological polar surface area (TPSA) is 79.7 Å². The van der Waals surface area contributed by atoms with Crippen LogP contribution in [0.1, 0.15) is 30.5 Å². The van der Waals surface area contributed by atoms with E-state index in [-0.39, 0.29) is 16.5 Å². The summed E-state index contributed by atoms with van der Waals surface area (Å²) in [7, 11) is 0. The number of aromatic nitrogens is 1. The normalized spacial score (nSPS) is 17.3. The smallest absolute Gasteiger partial charge is 0.301 e. The number of ether oxygens (including phenoxy) is 1. The van der Waals surface area contributed by atoms with Gasteiger partial charge in [0, 0.05) is 5.56 Å². The predicted molar refractivity (Wildman–Crippen MR) is 133 cm³/mol. The number of carbonyl (C=O) groups is 2. The molecule has 0 radical (unpaired) electrons. The van der Waals surface area contributed by atoms with E-state index in [1.165, 1.54) is 23.1 Å². The zero-order chi connectivity index (χ0) is 24.5. The van der Waals surface area contributed by atoms with Gasteiger partial charge in [0.1, 0.15) is 17.3 Å². The molecule has 3 aromatic carbocycles. The van der Waals surface area contributed by atoms with E-state index in [9.17, 15) is 19.1 Å². The quantitative estimate of drug-likeness (QED) is 0.209. The van der Waals surface area contributed by atoms with Gasteiger partial charge in [-0.1, -0.05) is 60.7 Å². The number of thiazole rings is 1. The Morgan fingerprint density at radius 1 is 1.09 bits per heavy atom. The van der Waals surface area contributed by atoms with Crippen LogP contribution < -0.4 is 9.64 Å². The minimum atomic E-state index is -0.901. The summed E-state index contributed by atoms with van der Waals surface area (Å²) in [5.74, 6) is -1.79. The molecule has 8 heteroatoms. The monoisotopic (exact) mass is 488 g/mol. The SMILES string of the molecule is CCCOc1cccc(C(O)=C2C(=O)C(=O)N(c3nc4ccc(F)cc4s3)C2c2ccccc2)c1. The standard InChI is InChI=1S/C27H21FN2O4S/c1-2-13-34-19-10-6-9-17(14-19)24(31)22-23(16-7-4-3-5-8-16)30(26(33)25(22)32)27-29-20-12-11-18(28)15-21(20)35-27/h3-12,14-15,23,31H,2,13H2,1H3. The van der Waals surface area contributed by atoms with Gasteiger partial charge in [-0.25, -0.2) is 9.37 Å². The van der Waals surface area contributed by atoms with E-state index in [1.807, 2.05) is 13.0 Å². The number of aliphatic hydroxyl groups excluding tert-OH is 1. The number of Topliss-reactive ketones (excluding diaryl/α,β-unsaturated/α-hetero) is 1. The molecule has 1 N–H and O–H groups in total. The summed E-state index contributed by atoms with van der Waals surface area (Å²) in [6, 6.07) is 19.0. The largest absolute Gasteiger partial charge is 0.507 e. The van der Waals surface area contributed by atoms with Crippen molar-refractivity contribution in [1.29, 1.82) is 0 Å². The van der Waals surface area contributed by atoms with Gasteiger partial charge in [-0.05, 0) is 42.3 Å². The maximum Gasteiger partial charge on any atom is 0.301 e. The third-order valence-corrected chi connectivity index (χ3v) is 6.70. The van der Waals surface area contributed by atoms with Crippen LogP contribution in [-0.4, -0.2) is 28.4 Å². The molecule has 1 aliphatic rings. The van der Waals surface area contributed by atoms with Crippen LogP contribution in [0.5, 0.6) is 5.75 Å². The molecule has 1 atom stereocenters. The molecule has 0 aliphatic carbocycles. The number of ketones is 1. The first kappa shape index (κ1) is 22.7. The van der Waals surface area contributed by atoms with Crippen molar-refractivity contribution in [2.24, 2.45) is 0 Å². The highest BCUT2D eigenvalue weighted by Crippen LogP contribution is 2.44. The molecule has 1 aromatic heterocycles. The first-order chi connectivity index (χ1) is 17.0. The molecule has 35 heavy (non-hydrogen) atoms. The number of hydrogen-bond donors (Lipinski definition) is 1. The van der Waals surface area contributed by atoms with E-state index in [4.69, 9.17) is 4.74 Å². The minimum Gasteiger partial charge on any atom is -0.507 e. The van der Waals surface area contributed by atoms with Gasteiger partial charge in [-0.2, -0.15) is 0 Å². The molecule has 0 bridgehead atoms. The van der Waals surface area contributed by atoms with Gasteiger partial charge in [-0.15, -0.1) is 0 Å². The fourth-order valence-electron chi connectivity index (χ4n) is 4.08. The summed E-state index contributed by atoms with van der Waals surface area (Å²) in [4.78, 5) is 32.3. The van der Waals surface area contributed by atoms with Gasteiger partial charge in [0.25, 0.3) is 5.78 Å². The maximum atomic E-state index is 13.8. The molecule has 176 valence electrons. The summed E-state index contributed by atoms with van der Waals surface area (Å²) in [5, 5.41) is 11.5. The van der Waals surface area contributed by atoms with Crippen molar-refractivity contribution in [3.8, 4) is 5.75 Å². The Labute approximate surface area is 204 Å². The maximum absolute atomic E-state index is 13.8. The molecule has 0 spiro atoms. The van der Waals surface area contributed by atoms with Gasteiger partial charge < -0.3 is 9.84 Å². The highest BCUT2D eigenvalue weighted by atomic mass is 32.1. The molecule has 0 saturated carbocycles. The zero-order valence-corrected chi connectivity index (χ0v) is 19.6. The third kappa shape index (κ3) is 4.17. The predicted octanol–water partition coefficient (Wildman–Crippen LogP) is 5.85. The molecule has 2 heterocycles. The lowest BCUT2D eigenvalue weighted by molar-refractivity contribution is -0.132. The molecule has 1 amide bonds. The highest BCUT2D eigenvalue weighted by molar-refractivity contribution is 7.22. The Morgan fingerprint density at radius 3 is 2.66 bits per heavy atom. The number of anilines is 1. The molecule has 5 rings (SSSR count). The summed E-state index contributed by atoms with van der Waals surface area (Å²) in [6.07, 6.45) is 0.821. The van der Waals surface area contributed by atoms with E-state index >= 15 is 0 Å². The zero-order valence-electron chi connectivity index (χ0n) is 18.8. The molecule has 1 unspecified atom stereocenters. The number of halogens is 1. The number of nitrogens with zero attached hydrogens (tertiary/aromatic N) is 2. The average Bonchev–Trinajstić information content (AvgIpc) is 3.40. The molecular weight excluding hydrogens is 467 g/mol. The number of fused-ring (bicyclic) bond motifs is 1. The van der Waals surface area contributed by atoms with Crippen molar-refractivity contribution in [3.05, 3.63) is 95.3 Å². The van der Waals surface area contributed by atoms with Gasteiger partial charge in [0.05, 0.1) is 28.4 Å². The number of amides is 1. The van der Waals surface area contributed by atoms with Crippen LogP contribution in [0.2, 0.25) is 0 Å². The number of carbonyl (C=O) groups excluding carboxylic acids is 2. The lowest BCUT2D eigenvalue weighted by atomic mass is 9.95. The fourth-order valence-corrected chi connectivity index (χ4v) is 5.10. The lowest BCUT2D eigenvalue weighted by Gasteiger charge is -2.23. The molecule has 4 aromatic rings. The van der Waals surface area contributed by atoms with Gasteiger partial charge >= 0.3 is 5.91 Å². The third-order valence-electron chi connectivity index (χ3n) is 5.69. The molecular formula is C27H21FN2O4S. The van der Waals surface area contributed by atoms with Crippen LogP contribution in [0.25, 0.3) is 16.0 Å². The molecule has 1 aliphatic heterocycles. The summed E-state index contributed by atoms with van der Waals surface area (Å²) in [5.41, 5.74) is 1.47. The summed E-state index contributed by atoms with van der Waals surface area (Å²) in [6.45, 7) is 2.50. The summed E-state index contributed by atoms with van der Waals surface area (Å²) >= 11 is 1.11. The average molecular weight is 489 g/mol. The van der Waals surface area contributed by atoms with Crippen LogP contribution in [0.15, 0.2) is 78.4 Å². The minimum absolute atomic E-state index is 0.0423. The van der Waals surface area contributed by atoms with Crippen molar-refractivity contribution in [2.75, 3.05) is 11.5 Å². The van der Waals surface area contributed by atoms with E-state index in [0.29, 0.717) is 33.7 Å². The Hall–Kier alpha value is -4.04. The van der Waals surface area contributed by atoms with Gasteiger partial charge in [0.2, 0.25) is 0 Å². The van der Waals surface area contributed by atoms with Crippen LogP contribution in [0, 0.1) is 5.82 Å². The van der Waals surface area contributed by atoms with E-state index in [0.717, 1.165) is 17.8 Å². The molecule has 1 fully saturated rings. The lowest BCUT2D eigenvalue weighted by Crippen LogP contribution is -2.29. The highest BCUT2D eigenvalue weighted by Gasteiger charge is 2.48. The number of aliphatic hydroxyl groups is 1. The number of rotatable bonds is 6. The Balaban J connectivity index is 1.67. The molecule has 1 saturated heterocycles. The summed E-state index contributed by atoms with van der Waals surface area (Å²) < 4.78 is 20.0. The fraction of sp³-hybridized carbons (Fsp3) is 0.148. The number of benzene rings is 3. The van der Waals surface area contributed by atoms with Crippen molar-refractivity contribution in [3.63, 3.8) is 0 Å². The van der Waals surface area contributed by atoms with E-state index in [2.05, 4.69) is 4.98 Å². The van der Waals surface area contributed by atoms with Gasteiger partial charge in [0.15, 0.2) is 5.13 Å². The van der Waals surface area contributed by atoms with Crippen LogP contribution in [0.3, 0.4) is 0 Å². The Bertz CT molecular complexity index is 1460. The second kappa shape index (κ2) is 9.31.